The van der Waals surface area contributed by atoms with Gasteiger partial charge in [-0.15, -0.1) is 0 Å². The molecule has 0 unspecified atom stereocenters. The summed E-state index contributed by atoms with van der Waals surface area (Å²) in [5, 5.41) is 0. The minimum atomic E-state index is -1.06. The smallest absolute Gasteiger partial charge is 0.313 e. The van der Waals surface area contributed by atoms with Crippen molar-refractivity contribution in [2.24, 2.45) is 0 Å². The zero-order valence-electron chi connectivity index (χ0n) is 27.5. The summed E-state index contributed by atoms with van der Waals surface area (Å²) in [4.78, 5) is 0. The van der Waals surface area contributed by atoms with E-state index in [0.717, 1.165) is 0 Å². The Morgan fingerprint density at radius 3 is 0.341 bits per heavy atom. The standard InChI is InChI=1S/4C6H15O3P.Pd/c4*1-4-7-10(8-5-2)9-6-3;/h4*4-6H2,1-3H3;/q;;;;+2. The van der Waals surface area contributed by atoms with Crippen LogP contribution in [0.3, 0.4) is 0 Å². The van der Waals surface area contributed by atoms with Gasteiger partial charge in [-0.1, -0.05) is 0 Å². The van der Waals surface area contributed by atoms with Crippen molar-refractivity contribution in [1.82, 2.24) is 0 Å². The molecule has 0 aromatic carbocycles. The Morgan fingerprint density at radius 1 is 0.220 bits per heavy atom. The molecule has 0 rings (SSSR count). The molecule has 41 heavy (non-hydrogen) atoms. The van der Waals surface area contributed by atoms with Gasteiger partial charge in [-0.2, -0.15) is 0 Å². The van der Waals surface area contributed by atoms with Crippen LogP contribution in [0.15, 0.2) is 0 Å². The molecule has 0 bridgehead atoms. The van der Waals surface area contributed by atoms with Crippen molar-refractivity contribution in [2.75, 3.05) is 79.3 Å². The Bertz CT molecular complexity index is 302. The van der Waals surface area contributed by atoms with E-state index in [1.807, 2.05) is 83.1 Å². The predicted molar refractivity (Wildman–Crippen MR) is 167 cm³/mol. The molecule has 0 amide bonds. The van der Waals surface area contributed by atoms with Gasteiger partial charge in [0.2, 0.25) is 0 Å². The van der Waals surface area contributed by atoms with Crippen LogP contribution in [0.2, 0.25) is 0 Å². The van der Waals surface area contributed by atoms with Gasteiger partial charge in [-0.3, -0.25) is 0 Å². The molecule has 0 spiro atoms. The van der Waals surface area contributed by atoms with Crippen molar-refractivity contribution >= 4 is 34.4 Å². The molecule has 256 valence electrons. The molecule has 0 heterocycles. The zero-order valence-corrected chi connectivity index (χ0v) is 32.6. The van der Waals surface area contributed by atoms with Crippen LogP contribution in [0, 0.1) is 0 Å². The predicted octanol–water partition coefficient (Wildman–Crippen LogP) is 9.29. The van der Waals surface area contributed by atoms with Gasteiger partial charge in [0.15, 0.2) is 0 Å². The molecule has 0 aliphatic heterocycles. The minimum Gasteiger partial charge on any atom is -0.313 e. The second-order valence-corrected chi connectivity index (χ2v) is 10.8. The van der Waals surface area contributed by atoms with Crippen molar-refractivity contribution in [3.8, 4) is 0 Å². The minimum absolute atomic E-state index is 0. The van der Waals surface area contributed by atoms with Crippen molar-refractivity contribution in [1.29, 1.82) is 0 Å². The van der Waals surface area contributed by atoms with E-state index in [1.54, 1.807) is 0 Å². The molecule has 12 nitrogen and oxygen atoms in total. The average Bonchev–Trinajstić information content (AvgIpc) is 2.92. The first-order chi connectivity index (χ1) is 19.4. The molecule has 0 aliphatic rings. The monoisotopic (exact) mass is 770 g/mol. The van der Waals surface area contributed by atoms with E-state index >= 15 is 0 Å². The zero-order chi connectivity index (χ0) is 31.3. The molecular weight excluding hydrogens is 711 g/mol. The molecule has 0 aromatic heterocycles. The summed E-state index contributed by atoms with van der Waals surface area (Å²) in [6, 6.07) is 0. The van der Waals surface area contributed by atoms with Crippen LogP contribution in [-0.4, -0.2) is 79.3 Å². The molecule has 0 radical (unpaired) electrons. The topological polar surface area (TPSA) is 111 Å². The van der Waals surface area contributed by atoms with Gasteiger partial charge >= 0.3 is 54.8 Å². The first kappa shape index (κ1) is 52.4. The first-order valence-corrected chi connectivity index (χ1v) is 18.5. The van der Waals surface area contributed by atoms with Crippen LogP contribution in [-0.2, 0) is 74.7 Å². The summed E-state index contributed by atoms with van der Waals surface area (Å²) in [7, 11) is -4.24. The molecule has 0 N–H and O–H groups in total. The van der Waals surface area contributed by atoms with Crippen LogP contribution in [0.4, 0.5) is 0 Å². The first-order valence-electron chi connectivity index (χ1n) is 14.1. The van der Waals surface area contributed by atoms with Crippen LogP contribution in [0.25, 0.3) is 0 Å². The molecule has 0 saturated heterocycles. The second kappa shape index (κ2) is 48.8. The van der Waals surface area contributed by atoms with E-state index < -0.39 is 34.4 Å². The van der Waals surface area contributed by atoms with E-state index in [-0.39, 0.29) is 20.4 Å². The van der Waals surface area contributed by atoms with Gasteiger partial charge in [0.1, 0.15) is 0 Å². The van der Waals surface area contributed by atoms with E-state index in [1.165, 1.54) is 0 Å². The summed E-state index contributed by atoms with van der Waals surface area (Å²) < 4.78 is 61.7. The van der Waals surface area contributed by atoms with E-state index in [9.17, 15) is 0 Å². The molecule has 0 saturated carbocycles. The van der Waals surface area contributed by atoms with Crippen LogP contribution >= 0.6 is 34.4 Å². The average molecular weight is 771 g/mol. The quantitative estimate of drug-likeness (QED) is 0.0689. The van der Waals surface area contributed by atoms with Crippen LogP contribution in [0.1, 0.15) is 83.1 Å². The largest absolute Gasteiger partial charge is 2.00 e. The fourth-order valence-corrected chi connectivity index (χ4v) is 5.14. The van der Waals surface area contributed by atoms with Crippen molar-refractivity contribution < 1.29 is 74.7 Å². The fraction of sp³-hybridized carbons (Fsp3) is 1.00. The van der Waals surface area contributed by atoms with Crippen LogP contribution < -0.4 is 0 Å². The molecule has 0 aromatic rings. The normalized spacial score (nSPS) is 10.5. The maximum absolute atomic E-state index is 5.14. The Kier molecular flexibility index (Phi) is 62.4. The van der Waals surface area contributed by atoms with Crippen LogP contribution in [0.5, 0.6) is 0 Å². The molecule has 0 aliphatic carbocycles. The van der Waals surface area contributed by atoms with Crippen molar-refractivity contribution in [3.05, 3.63) is 0 Å². The molecular formula is C24H60O12P4Pd+2. The van der Waals surface area contributed by atoms with Gasteiger partial charge in [0.05, 0.1) is 79.3 Å². The Hall–Kier alpha value is 1.90. The van der Waals surface area contributed by atoms with Gasteiger partial charge in [-0.25, -0.2) is 0 Å². The van der Waals surface area contributed by atoms with Gasteiger partial charge < -0.3 is 54.3 Å². The maximum Gasteiger partial charge on any atom is 2.00 e. The summed E-state index contributed by atoms with van der Waals surface area (Å²) in [6.07, 6.45) is 0. The van der Waals surface area contributed by atoms with E-state index in [2.05, 4.69) is 0 Å². The second-order valence-electron chi connectivity index (χ2n) is 5.91. The van der Waals surface area contributed by atoms with E-state index in [0.29, 0.717) is 79.3 Å². The van der Waals surface area contributed by atoms with Gasteiger partial charge in [0.25, 0.3) is 0 Å². The third kappa shape index (κ3) is 46.4. The van der Waals surface area contributed by atoms with Crippen molar-refractivity contribution in [3.63, 3.8) is 0 Å². The summed E-state index contributed by atoms with van der Waals surface area (Å²) >= 11 is 0. The van der Waals surface area contributed by atoms with Gasteiger partial charge in [0, 0.05) is 0 Å². The maximum atomic E-state index is 5.14. The molecule has 0 fully saturated rings. The number of hydrogen-bond donors (Lipinski definition) is 0. The Balaban J connectivity index is -0.000000139. The number of hydrogen-bond acceptors (Lipinski definition) is 12. The number of rotatable bonds is 24. The molecule has 17 heteroatoms. The van der Waals surface area contributed by atoms with Gasteiger partial charge in [-0.05, 0) is 83.1 Å². The Labute approximate surface area is 270 Å². The van der Waals surface area contributed by atoms with E-state index in [4.69, 9.17) is 54.3 Å². The molecule has 0 atom stereocenters. The third-order valence-corrected chi connectivity index (χ3v) is 8.44. The SMILES string of the molecule is CCOP(OCC)OCC.CCOP(OCC)OCC.CCOP(OCC)OCC.CCOP(OCC)OCC.[Pd+2]. The van der Waals surface area contributed by atoms with Crippen molar-refractivity contribution in [2.45, 2.75) is 83.1 Å². The summed E-state index contributed by atoms with van der Waals surface area (Å²) in [5.41, 5.74) is 0. The summed E-state index contributed by atoms with van der Waals surface area (Å²) in [6.45, 7) is 30.8. The summed E-state index contributed by atoms with van der Waals surface area (Å²) in [5.74, 6) is 0. The fourth-order valence-electron chi connectivity index (χ4n) is 1.71. The Morgan fingerprint density at radius 2 is 0.293 bits per heavy atom. The third-order valence-electron chi connectivity index (χ3n) is 2.81.